The Kier molecular flexibility index (Phi) is 7.89. The lowest BCUT2D eigenvalue weighted by Gasteiger charge is -2.40. The van der Waals surface area contributed by atoms with E-state index in [0.717, 1.165) is 0 Å². The first-order chi connectivity index (χ1) is 10.7. The topological polar surface area (TPSA) is 197 Å². The summed E-state index contributed by atoms with van der Waals surface area (Å²) >= 11 is 0. The summed E-state index contributed by atoms with van der Waals surface area (Å²) in [6, 6.07) is 0. The van der Waals surface area contributed by atoms with Crippen LogP contribution in [0.2, 0.25) is 0 Å². The first kappa shape index (κ1) is 20.3. The quantitative estimate of drug-likeness (QED) is 0.196. The normalized spacial score (nSPS) is 37.0. The second kappa shape index (κ2) is 8.94. The van der Waals surface area contributed by atoms with Crippen LogP contribution in [0.15, 0.2) is 0 Å². The molecule has 1 aliphatic rings. The summed E-state index contributed by atoms with van der Waals surface area (Å²) in [4.78, 5) is 10.3. The molecule has 9 atom stereocenters. The second-order valence-corrected chi connectivity index (χ2v) is 5.21. The van der Waals surface area contributed by atoms with E-state index in [-0.39, 0.29) is 6.29 Å². The molecule has 0 aromatic heterocycles. The predicted molar refractivity (Wildman–Crippen MR) is 69.8 cm³/mol. The number of aliphatic hydroxyl groups excluding tert-OH is 8. The zero-order valence-corrected chi connectivity index (χ0v) is 12.0. The van der Waals surface area contributed by atoms with E-state index in [1.807, 2.05) is 0 Å². The van der Waals surface area contributed by atoms with E-state index in [1.165, 1.54) is 0 Å². The van der Waals surface area contributed by atoms with Crippen LogP contribution < -0.4 is 0 Å². The molecule has 0 unspecified atom stereocenters. The molecule has 11 nitrogen and oxygen atoms in total. The Labute approximate surface area is 130 Å². The van der Waals surface area contributed by atoms with Gasteiger partial charge in [-0.2, -0.15) is 0 Å². The van der Waals surface area contributed by atoms with E-state index in [2.05, 4.69) is 0 Å². The summed E-state index contributed by atoms with van der Waals surface area (Å²) in [6.45, 7) is -1.37. The molecular weight excluding hydrogens is 320 g/mol. The van der Waals surface area contributed by atoms with Gasteiger partial charge in [-0.3, -0.25) is 0 Å². The van der Waals surface area contributed by atoms with Gasteiger partial charge in [-0.25, -0.2) is 0 Å². The van der Waals surface area contributed by atoms with Gasteiger partial charge in [-0.1, -0.05) is 0 Å². The fourth-order valence-electron chi connectivity index (χ4n) is 2.01. The van der Waals surface area contributed by atoms with Crippen LogP contribution in [0.5, 0.6) is 0 Å². The number of carbonyl (C=O) groups is 1. The maximum atomic E-state index is 10.3. The molecule has 136 valence electrons. The highest BCUT2D eigenvalue weighted by atomic mass is 16.7. The van der Waals surface area contributed by atoms with Crippen LogP contribution in [-0.4, -0.2) is 115 Å². The van der Waals surface area contributed by atoms with Crippen LogP contribution in [0.4, 0.5) is 0 Å². The number of hydrogen-bond acceptors (Lipinski definition) is 11. The Morgan fingerprint density at radius 2 is 1.61 bits per heavy atom. The Morgan fingerprint density at radius 1 is 1.00 bits per heavy atom. The van der Waals surface area contributed by atoms with E-state index >= 15 is 0 Å². The third-order valence-electron chi connectivity index (χ3n) is 3.51. The first-order valence-electron chi connectivity index (χ1n) is 6.84. The molecule has 1 aliphatic heterocycles. The van der Waals surface area contributed by atoms with Gasteiger partial charge in [0.25, 0.3) is 0 Å². The average molecular weight is 342 g/mol. The van der Waals surface area contributed by atoms with Gasteiger partial charge in [0.1, 0.15) is 48.8 Å². The maximum absolute atomic E-state index is 10.3. The number of ether oxygens (including phenoxy) is 2. The van der Waals surface area contributed by atoms with Gasteiger partial charge in [0.15, 0.2) is 12.6 Å². The standard InChI is InChI=1S/C12H22O11/c13-1-4(15)7(17)8(18)5(16)3-22-12-11(21)10(20)9(19)6(2-14)23-12/h1,4-12,14-21H,2-3H2/t4-,5+,6+,7+,8+,9+,10-,11+,12+/m0/s1. The van der Waals surface area contributed by atoms with E-state index in [1.54, 1.807) is 0 Å². The lowest BCUT2D eigenvalue weighted by Crippen LogP contribution is -2.59. The van der Waals surface area contributed by atoms with E-state index in [0.29, 0.717) is 0 Å². The van der Waals surface area contributed by atoms with Gasteiger partial charge in [-0.05, 0) is 0 Å². The van der Waals surface area contributed by atoms with Crippen LogP contribution >= 0.6 is 0 Å². The zero-order valence-electron chi connectivity index (χ0n) is 12.0. The SMILES string of the molecule is O=C[C@H](O)[C@@H](O)[C@H](O)[C@H](O)CO[C@@H]1O[C@H](CO)[C@@H](O)[C@H](O)[C@H]1O. The van der Waals surface area contributed by atoms with E-state index < -0.39 is 68.3 Å². The number of hydrogen-bond donors (Lipinski definition) is 8. The van der Waals surface area contributed by atoms with E-state index in [9.17, 15) is 35.4 Å². The highest BCUT2D eigenvalue weighted by Gasteiger charge is 2.44. The molecule has 0 aromatic carbocycles. The molecule has 11 heteroatoms. The highest BCUT2D eigenvalue weighted by molar-refractivity contribution is 5.56. The molecule has 1 fully saturated rings. The number of aliphatic hydroxyl groups is 8. The Bertz CT molecular complexity index is 365. The summed E-state index contributed by atoms with van der Waals surface area (Å²) < 4.78 is 9.94. The van der Waals surface area contributed by atoms with Gasteiger partial charge in [-0.15, -0.1) is 0 Å². The van der Waals surface area contributed by atoms with Crippen molar-refractivity contribution in [2.24, 2.45) is 0 Å². The molecule has 0 saturated carbocycles. The smallest absolute Gasteiger partial charge is 0.186 e. The summed E-state index contributed by atoms with van der Waals surface area (Å²) in [5, 5.41) is 75.4. The molecule has 1 heterocycles. The minimum atomic E-state index is -1.96. The molecule has 0 radical (unpaired) electrons. The summed E-state index contributed by atoms with van der Waals surface area (Å²) in [5.74, 6) is 0. The first-order valence-corrected chi connectivity index (χ1v) is 6.84. The molecule has 1 rings (SSSR count). The molecular formula is C12H22O11. The van der Waals surface area contributed by atoms with Crippen LogP contribution in [0, 0.1) is 0 Å². The van der Waals surface area contributed by atoms with Crippen molar-refractivity contribution in [1.29, 1.82) is 0 Å². The molecule has 0 bridgehead atoms. The molecule has 0 aromatic rings. The third-order valence-corrected chi connectivity index (χ3v) is 3.51. The fraction of sp³-hybridized carbons (Fsp3) is 0.917. The summed E-state index contributed by atoms with van der Waals surface area (Å²) in [5.41, 5.74) is 0. The monoisotopic (exact) mass is 342 g/mol. The van der Waals surface area contributed by atoms with Crippen LogP contribution in [0.25, 0.3) is 0 Å². The van der Waals surface area contributed by atoms with Gasteiger partial charge in [0.05, 0.1) is 13.2 Å². The van der Waals surface area contributed by atoms with Crippen molar-refractivity contribution < 1.29 is 55.1 Å². The van der Waals surface area contributed by atoms with Crippen LogP contribution in [0.1, 0.15) is 0 Å². The minimum Gasteiger partial charge on any atom is -0.394 e. The average Bonchev–Trinajstić information content (AvgIpc) is 2.56. The Balaban J connectivity index is 2.57. The number of aldehydes is 1. The van der Waals surface area contributed by atoms with Crippen molar-refractivity contribution in [2.75, 3.05) is 13.2 Å². The third kappa shape index (κ3) is 4.87. The van der Waals surface area contributed by atoms with Gasteiger partial charge in [0.2, 0.25) is 0 Å². The fourth-order valence-corrected chi connectivity index (χ4v) is 2.01. The molecule has 23 heavy (non-hydrogen) atoms. The lowest BCUT2D eigenvalue weighted by atomic mass is 9.99. The van der Waals surface area contributed by atoms with Crippen LogP contribution in [-0.2, 0) is 14.3 Å². The highest BCUT2D eigenvalue weighted by Crippen LogP contribution is 2.22. The minimum absolute atomic E-state index is 0.0287. The van der Waals surface area contributed by atoms with Crippen molar-refractivity contribution in [2.45, 2.75) is 55.1 Å². The Morgan fingerprint density at radius 3 is 2.13 bits per heavy atom. The summed E-state index contributed by atoms with van der Waals surface area (Å²) in [6.07, 6.45) is -15.3. The van der Waals surface area contributed by atoms with Crippen LogP contribution in [0.3, 0.4) is 0 Å². The number of carbonyl (C=O) groups excluding carboxylic acids is 1. The zero-order chi connectivity index (χ0) is 17.7. The predicted octanol–water partition coefficient (Wildman–Crippen LogP) is -5.55. The lowest BCUT2D eigenvalue weighted by molar-refractivity contribution is -0.306. The molecule has 1 saturated heterocycles. The Hall–Kier alpha value is -0.730. The van der Waals surface area contributed by atoms with E-state index in [4.69, 9.17) is 19.7 Å². The summed E-state index contributed by atoms with van der Waals surface area (Å²) in [7, 11) is 0. The molecule has 0 amide bonds. The maximum Gasteiger partial charge on any atom is 0.186 e. The molecule has 0 aliphatic carbocycles. The van der Waals surface area contributed by atoms with Crippen molar-refractivity contribution in [1.82, 2.24) is 0 Å². The number of rotatable bonds is 8. The largest absolute Gasteiger partial charge is 0.394 e. The second-order valence-electron chi connectivity index (χ2n) is 5.21. The van der Waals surface area contributed by atoms with Gasteiger partial charge >= 0.3 is 0 Å². The molecule has 0 spiro atoms. The van der Waals surface area contributed by atoms with Crippen molar-refractivity contribution in [3.8, 4) is 0 Å². The van der Waals surface area contributed by atoms with Crippen molar-refractivity contribution in [3.05, 3.63) is 0 Å². The molecule has 8 N–H and O–H groups in total. The van der Waals surface area contributed by atoms with Crippen molar-refractivity contribution in [3.63, 3.8) is 0 Å². The van der Waals surface area contributed by atoms with Gasteiger partial charge < -0.3 is 55.1 Å². The van der Waals surface area contributed by atoms with Gasteiger partial charge in [0, 0.05) is 0 Å². The van der Waals surface area contributed by atoms with Crippen molar-refractivity contribution >= 4 is 6.29 Å².